The van der Waals surface area contributed by atoms with E-state index in [9.17, 15) is 0 Å². The van der Waals surface area contributed by atoms with Crippen LogP contribution in [0.5, 0.6) is 0 Å². The maximum Gasteiger partial charge on any atom is 0.261 e. The van der Waals surface area contributed by atoms with Crippen molar-refractivity contribution in [3.63, 3.8) is 0 Å². The highest BCUT2D eigenvalue weighted by Crippen LogP contribution is 2.20. The molecular weight excluding hydrogens is 260 g/mol. The van der Waals surface area contributed by atoms with Crippen molar-refractivity contribution in [3.8, 4) is 11.5 Å². The Bertz CT molecular complexity index is 560. The summed E-state index contributed by atoms with van der Waals surface area (Å²) in [6, 6.07) is -0.266. The summed E-state index contributed by atoms with van der Waals surface area (Å²) in [7, 11) is 0. The van der Waals surface area contributed by atoms with Crippen LogP contribution < -0.4 is 5.73 Å². The summed E-state index contributed by atoms with van der Waals surface area (Å²) in [5, 5.41) is 10.7. The molecule has 8 heteroatoms. The highest BCUT2D eigenvalue weighted by Gasteiger charge is 2.20. The summed E-state index contributed by atoms with van der Waals surface area (Å²) in [5.41, 5.74) is 7.84. The molecular formula is C12H18N6O2. The van der Waals surface area contributed by atoms with Gasteiger partial charge < -0.3 is 15.0 Å². The number of hydrogen-bond donors (Lipinski definition) is 2. The van der Waals surface area contributed by atoms with E-state index in [-0.39, 0.29) is 6.04 Å². The Balaban J connectivity index is 1.68. The third-order valence-corrected chi connectivity index (χ3v) is 3.39. The van der Waals surface area contributed by atoms with Crippen molar-refractivity contribution in [3.05, 3.63) is 17.7 Å². The van der Waals surface area contributed by atoms with Gasteiger partial charge in [-0.2, -0.15) is 10.1 Å². The quantitative estimate of drug-likeness (QED) is 0.816. The van der Waals surface area contributed by atoms with E-state index in [1.807, 2.05) is 6.92 Å². The van der Waals surface area contributed by atoms with Gasteiger partial charge in [-0.25, -0.2) is 0 Å². The predicted octanol–water partition coefficient (Wildman–Crippen LogP) is 0.100. The fourth-order valence-electron chi connectivity index (χ4n) is 2.20. The first-order valence-corrected chi connectivity index (χ1v) is 6.63. The van der Waals surface area contributed by atoms with Gasteiger partial charge in [0.25, 0.3) is 5.89 Å². The van der Waals surface area contributed by atoms with Gasteiger partial charge in [0.15, 0.2) is 5.82 Å². The number of nitrogens with one attached hydrogen (secondary N) is 1. The fraction of sp³-hybridized carbons (Fsp3) is 0.583. The molecule has 3 heterocycles. The molecule has 0 aliphatic carbocycles. The molecule has 3 N–H and O–H groups in total. The zero-order valence-electron chi connectivity index (χ0n) is 11.4. The lowest BCUT2D eigenvalue weighted by Gasteiger charge is -2.27. The number of rotatable bonds is 4. The van der Waals surface area contributed by atoms with E-state index < -0.39 is 0 Å². The topological polar surface area (TPSA) is 106 Å². The molecule has 2 aromatic rings. The van der Waals surface area contributed by atoms with Crippen molar-refractivity contribution in [1.29, 1.82) is 0 Å². The summed E-state index contributed by atoms with van der Waals surface area (Å²) in [4.78, 5) is 6.60. The highest BCUT2D eigenvalue weighted by molar-refractivity contribution is 5.54. The van der Waals surface area contributed by atoms with Crippen LogP contribution in [0.25, 0.3) is 11.5 Å². The van der Waals surface area contributed by atoms with Crippen LogP contribution in [0.4, 0.5) is 0 Å². The summed E-state index contributed by atoms with van der Waals surface area (Å²) in [5.74, 6) is 0.968. The van der Waals surface area contributed by atoms with Crippen molar-refractivity contribution < 1.29 is 9.26 Å². The maximum atomic E-state index is 6.14. The Morgan fingerprint density at radius 1 is 1.45 bits per heavy atom. The number of H-pyrrole nitrogens is 1. The minimum atomic E-state index is -0.266. The van der Waals surface area contributed by atoms with E-state index in [0.717, 1.165) is 37.6 Å². The van der Waals surface area contributed by atoms with Gasteiger partial charge in [0.1, 0.15) is 0 Å². The lowest BCUT2D eigenvalue weighted by atomic mass is 10.2. The number of hydrogen-bond acceptors (Lipinski definition) is 7. The molecule has 1 fully saturated rings. The Hall–Kier alpha value is -1.77. The van der Waals surface area contributed by atoms with Crippen LogP contribution in [-0.4, -0.2) is 58.1 Å². The third kappa shape index (κ3) is 2.72. The number of ether oxygens (including phenoxy) is 1. The van der Waals surface area contributed by atoms with E-state index in [0.29, 0.717) is 18.3 Å². The summed E-state index contributed by atoms with van der Waals surface area (Å²) >= 11 is 0. The van der Waals surface area contributed by atoms with E-state index in [2.05, 4.69) is 25.2 Å². The lowest BCUT2D eigenvalue weighted by molar-refractivity contribution is 0.0348. The zero-order chi connectivity index (χ0) is 13.9. The summed E-state index contributed by atoms with van der Waals surface area (Å²) in [6.07, 6.45) is 1.67. The first kappa shape index (κ1) is 13.2. The zero-order valence-corrected chi connectivity index (χ0v) is 11.4. The predicted molar refractivity (Wildman–Crippen MR) is 70.8 cm³/mol. The van der Waals surface area contributed by atoms with E-state index >= 15 is 0 Å². The van der Waals surface area contributed by atoms with Crippen molar-refractivity contribution >= 4 is 0 Å². The van der Waals surface area contributed by atoms with Crippen LogP contribution >= 0.6 is 0 Å². The fourth-order valence-corrected chi connectivity index (χ4v) is 2.20. The van der Waals surface area contributed by atoms with Crippen molar-refractivity contribution in [2.24, 2.45) is 5.73 Å². The molecule has 1 unspecified atom stereocenters. The minimum absolute atomic E-state index is 0.266. The molecule has 0 spiro atoms. The molecule has 1 aliphatic rings. The van der Waals surface area contributed by atoms with E-state index in [1.54, 1.807) is 6.20 Å². The molecule has 3 rings (SSSR count). The molecule has 2 aromatic heterocycles. The Kier molecular flexibility index (Phi) is 3.77. The number of aryl methyl sites for hydroxylation is 1. The smallest absolute Gasteiger partial charge is 0.261 e. The largest absolute Gasteiger partial charge is 0.379 e. The van der Waals surface area contributed by atoms with Crippen LogP contribution in [0.2, 0.25) is 0 Å². The van der Waals surface area contributed by atoms with Crippen molar-refractivity contribution in [2.75, 3.05) is 32.8 Å². The number of aromatic nitrogens is 4. The highest BCUT2D eigenvalue weighted by atomic mass is 16.5. The Morgan fingerprint density at radius 3 is 2.95 bits per heavy atom. The molecule has 0 amide bonds. The van der Waals surface area contributed by atoms with Crippen LogP contribution in [0.15, 0.2) is 10.7 Å². The monoisotopic (exact) mass is 278 g/mol. The number of aromatic amines is 1. The molecule has 0 saturated carbocycles. The van der Waals surface area contributed by atoms with Crippen LogP contribution in [0, 0.1) is 6.92 Å². The summed E-state index contributed by atoms with van der Waals surface area (Å²) < 4.78 is 10.6. The SMILES string of the molecule is Cc1[nH]ncc1-c1nc(C(N)CN2CCOCC2)no1. The van der Waals surface area contributed by atoms with E-state index in [4.69, 9.17) is 15.0 Å². The second-order valence-electron chi connectivity index (χ2n) is 4.89. The van der Waals surface area contributed by atoms with Gasteiger partial charge in [0.05, 0.1) is 31.0 Å². The molecule has 0 radical (unpaired) electrons. The van der Waals surface area contributed by atoms with Gasteiger partial charge in [-0.15, -0.1) is 0 Å². The van der Waals surface area contributed by atoms with Crippen molar-refractivity contribution in [2.45, 2.75) is 13.0 Å². The Labute approximate surface area is 116 Å². The van der Waals surface area contributed by atoms with Gasteiger partial charge in [-0.1, -0.05) is 5.16 Å². The average Bonchev–Trinajstić information content (AvgIpc) is 3.08. The molecule has 0 bridgehead atoms. The Morgan fingerprint density at radius 2 is 2.25 bits per heavy atom. The molecule has 1 aliphatic heterocycles. The van der Waals surface area contributed by atoms with Crippen LogP contribution in [0.1, 0.15) is 17.6 Å². The van der Waals surface area contributed by atoms with Crippen molar-refractivity contribution in [1.82, 2.24) is 25.2 Å². The minimum Gasteiger partial charge on any atom is -0.379 e. The molecule has 1 saturated heterocycles. The first-order valence-electron chi connectivity index (χ1n) is 6.63. The summed E-state index contributed by atoms with van der Waals surface area (Å²) in [6.45, 7) is 5.88. The van der Waals surface area contributed by atoms with Crippen LogP contribution in [0.3, 0.4) is 0 Å². The molecule has 20 heavy (non-hydrogen) atoms. The molecule has 108 valence electrons. The third-order valence-electron chi connectivity index (χ3n) is 3.39. The van der Waals surface area contributed by atoms with Gasteiger partial charge in [0, 0.05) is 25.3 Å². The van der Waals surface area contributed by atoms with Gasteiger partial charge in [0.2, 0.25) is 0 Å². The average molecular weight is 278 g/mol. The second-order valence-corrected chi connectivity index (χ2v) is 4.89. The lowest BCUT2D eigenvalue weighted by Crippen LogP contribution is -2.40. The number of nitrogens with zero attached hydrogens (tertiary/aromatic N) is 4. The van der Waals surface area contributed by atoms with Gasteiger partial charge in [-0.3, -0.25) is 10.00 Å². The molecule has 1 atom stereocenters. The van der Waals surface area contributed by atoms with Gasteiger partial charge >= 0.3 is 0 Å². The molecule has 8 nitrogen and oxygen atoms in total. The number of nitrogens with two attached hydrogens (primary N) is 1. The van der Waals surface area contributed by atoms with E-state index in [1.165, 1.54) is 0 Å². The van der Waals surface area contributed by atoms with Gasteiger partial charge in [-0.05, 0) is 6.92 Å². The normalized spacial score (nSPS) is 18.3. The number of morpholine rings is 1. The van der Waals surface area contributed by atoms with Crippen LogP contribution in [-0.2, 0) is 4.74 Å². The molecule has 0 aromatic carbocycles. The maximum absolute atomic E-state index is 6.14. The first-order chi connectivity index (χ1) is 9.74. The second kappa shape index (κ2) is 5.70. The standard InChI is InChI=1S/C12H18N6O2/c1-8-9(6-14-16-8)12-15-11(17-20-12)10(13)7-18-2-4-19-5-3-18/h6,10H,2-5,7,13H2,1H3,(H,14,16).